The van der Waals surface area contributed by atoms with Crippen LogP contribution in [0.4, 0.5) is 5.95 Å². The first-order valence-electron chi connectivity index (χ1n) is 10.5. The Balaban J connectivity index is 1.80. The predicted molar refractivity (Wildman–Crippen MR) is 127 cm³/mol. The molecule has 3 rings (SSSR count). The van der Waals surface area contributed by atoms with Gasteiger partial charge in [0.2, 0.25) is 5.95 Å². The highest BCUT2D eigenvalue weighted by Crippen LogP contribution is 2.22. The van der Waals surface area contributed by atoms with Crippen molar-refractivity contribution in [2.45, 2.75) is 34.1 Å². The van der Waals surface area contributed by atoms with Gasteiger partial charge in [-0.1, -0.05) is 44.2 Å². The molecule has 0 fully saturated rings. The van der Waals surface area contributed by atoms with Crippen LogP contribution in [0.5, 0.6) is 5.75 Å². The molecule has 1 aromatic heterocycles. The topological polar surface area (TPSA) is 103 Å². The number of nitriles is 1. The van der Waals surface area contributed by atoms with Crippen molar-refractivity contribution in [2.75, 3.05) is 12.0 Å². The van der Waals surface area contributed by atoms with Crippen LogP contribution in [-0.4, -0.2) is 22.8 Å². The summed E-state index contributed by atoms with van der Waals surface area (Å²) in [7, 11) is 0. The van der Waals surface area contributed by atoms with E-state index in [2.05, 4.69) is 34.3 Å². The van der Waals surface area contributed by atoms with Gasteiger partial charge in [0.05, 0.1) is 18.5 Å². The molecule has 3 aromatic rings. The van der Waals surface area contributed by atoms with Crippen LogP contribution in [0.3, 0.4) is 0 Å². The molecule has 0 saturated heterocycles. The molecule has 0 saturated carbocycles. The second kappa shape index (κ2) is 10.4. The standard InChI is InChI=1S/C25H27N5O2/c1-16(2)10-11-32-20-12-17(3)22(18(4)13-20)15-27-30-25-28-23(19-8-6-5-7-9-19)21(14-26)24(31)29-25/h5-9,12-13,15-16H,10-11H2,1-4H3,(H2,28,29,30,31). The zero-order valence-electron chi connectivity index (χ0n) is 18.8. The van der Waals surface area contributed by atoms with E-state index in [4.69, 9.17) is 4.74 Å². The molecule has 0 amide bonds. The molecule has 0 aliphatic rings. The number of aromatic nitrogens is 2. The molecule has 0 bridgehead atoms. The number of benzene rings is 2. The minimum Gasteiger partial charge on any atom is -0.494 e. The minimum absolute atomic E-state index is 0.0366. The van der Waals surface area contributed by atoms with Gasteiger partial charge in [-0.15, -0.1) is 0 Å². The van der Waals surface area contributed by atoms with Crippen LogP contribution in [0.15, 0.2) is 52.4 Å². The normalized spacial score (nSPS) is 11.0. The number of anilines is 1. The highest BCUT2D eigenvalue weighted by molar-refractivity contribution is 5.84. The summed E-state index contributed by atoms with van der Waals surface area (Å²) in [5.74, 6) is 1.60. The molecule has 0 spiro atoms. The highest BCUT2D eigenvalue weighted by Gasteiger charge is 2.13. The van der Waals surface area contributed by atoms with Crippen LogP contribution in [-0.2, 0) is 0 Å². The van der Waals surface area contributed by atoms with Crippen LogP contribution in [0.25, 0.3) is 11.3 Å². The molecule has 7 nitrogen and oxygen atoms in total. The average Bonchev–Trinajstić information content (AvgIpc) is 2.75. The summed E-state index contributed by atoms with van der Waals surface area (Å²) in [6.45, 7) is 9.03. The van der Waals surface area contributed by atoms with Gasteiger partial charge in [0.15, 0.2) is 0 Å². The Morgan fingerprint density at radius 2 is 1.91 bits per heavy atom. The first-order valence-corrected chi connectivity index (χ1v) is 10.5. The molecule has 0 aliphatic heterocycles. The maximum Gasteiger partial charge on any atom is 0.270 e. The van der Waals surface area contributed by atoms with Crippen LogP contribution >= 0.6 is 0 Å². The Labute approximate surface area is 187 Å². The van der Waals surface area contributed by atoms with Gasteiger partial charge in [-0.25, -0.2) is 10.4 Å². The van der Waals surface area contributed by atoms with Gasteiger partial charge in [0.25, 0.3) is 5.56 Å². The van der Waals surface area contributed by atoms with E-state index in [9.17, 15) is 10.1 Å². The summed E-state index contributed by atoms with van der Waals surface area (Å²) >= 11 is 0. The lowest BCUT2D eigenvalue weighted by Gasteiger charge is -2.12. The molecular formula is C25H27N5O2. The van der Waals surface area contributed by atoms with Crippen molar-refractivity contribution >= 4 is 12.2 Å². The van der Waals surface area contributed by atoms with Crippen LogP contribution in [0, 0.1) is 31.1 Å². The number of aryl methyl sites for hydroxylation is 2. The Kier molecular flexibility index (Phi) is 7.40. The monoisotopic (exact) mass is 429 g/mol. The van der Waals surface area contributed by atoms with E-state index in [1.165, 1.54) is 0 Å². The van der Waals surface area contributed by atoms with Gasteiger partial charge in [0, 0.05) is 11.1 Å². The summed E-state index contributed by atoms with van der Waals surface area (Å²) in [6.07, 6.45) is 2.69. The fourth-order valence-corrected chi connectivity index (χ4v) is 3.23. The predicted octanol–water partition coefficient (Wildman–Crippen LogP) is 4.80. The van der Waals surface area contributed by atoms with Crippen molar-refractivity contribution in [2.24, 2.45) is 11.0 Å². The number of H-pyrrole nitrogens is 1. The van der Waals surface area contributed by atoms with Crippen molar-refractivity contribution in [1.82, 2.24) is 9.97 Å². The van der Waals surface area contributed by atoms with Crippen molar-refractivity contribution in [3.8, 4) is 23.1 Å². The lowest BCUT2D eigenvalue weighted by Crippen LogP contribution is -2.16. The summed E-state index contributed by atoms with van der Waals surface area (Å²) < 4.78 is 5.86. The second-order valence-corrected chi connectivity index (χ2v) is 7.99. The Bertz CT molecular complexity index is 1180. The van der Waals surface area contributed by atoms with E-state index in [0.717, 1.165) is 28.9 Å². The Morgan fingerprint density at radius 1 is 1.22 bits per heavy atom. The zero-order chi connectivity index (χ0) is 23.1. The van der Waals surface area contributed by atoms with E-state index in [1.54, 1.807) is 18.3 Å². The smallest absolute Gasteiger partial charge is 0.270 e. The molecular weight excluding hydrogens is 402 g/mol. The van der Waals surface area contributed by atoms with Gasteiger partial charge in [-0.2, -0.15) is 10.4 Å². The number of hydrazone groups is 1. The molecule has 2 N–H and O–H groups in total. The number of hydrogen-bond donors (Lipinski definition) is 2. The molecule has 7 heteroatoms. The zero-order valence-corrected chi connectivity index (χ0v) is 18.8. The summed E-state index contributed by atoms with van der Waals surface area (Å²) in [6, 6.07) is 15.0. The third kappa shape index (κ3) is 5.61. The molecule has 2 aromatic carbocycles. The summed E-state index contributed by atoms with van der Waals surface area (Å²) in [5, 5.41) is 13.6. The fourth-order valence-electron chi connectivity index (χ4n) is 3.23. The van der Waals surface area contributed by atoms with Crippen molar-refractivity contribution in [3.05, 3.63) is 75.1 Å². The number of nitrogens with zero attached hydrogens (tertiary/aromatic N) is 3. The maximum atomic E-state index is 12.3. The van der Waals surface area contributed by atoms with Gasteiger partial charge < -0.3 is 4.74 Å². The Morgan fingerprint density at radius 3 is 2.53 bits per heavy atom. The van der Waals surface area contributed by atoms with Gasteiger partial charge in [-0.05, 0) is 49.4 Å². The third-order valence-electron chi connectivity index (χ3n) is 4.97. The lowest BCUT2D eigenvalue weighted by atomic mass is 10.0. The number of nitrogens with one attached hydrogen (secondary N) is 2. The van der Waals surface area contributed by atoms with Gasteiger partial charge in [-0.3, -0.25) is 9.78 Å². The average molecular weight is 430 g/mol. The van der Waals surface area contributed by atoms with E-state index >= 15 is 0 Å². The minimum atomic E-state index is -0.519. The quantitative estimate of drug-likeness (QED) is 0.396. The number of ether oxygens (including phenoxy) is 1. The number of rotatable bonds is 8. The maximum absolute atomic E-state index is 12.3. The van der Waals surface area contributed by atoms with Crippen LogP contribution in [0.2, 0.25) is 0 Å². The van der Waals surface area contributed by atoms with Crippen molar-refractivity contribution < 1.29 is 4.74 Å². The molecule has 164 valence electrons. The largest absolute Gasteiger partial charge is 0.494 e. The van der Waals surface area contributed by atoms with Crippen molar-refractivity contribution in [1.29, 1.82) is 5.26 Å². The van der Waals surface area contributed by atoms with E-state index in [1.807, 2.05) is 50.2 Å². The second-order valence-electron chi connectivity index (χ2n) is 7.99. The highest BCUT2D eigenvalue weighted by atomic mass is 16.5. The van der Waals surface area contributed by atoms with Gasteiger partial charge >= 0.3 is 0 Å². The van der Waals surface area contributed by atoms with Crippen LogP contribution < -0.4 is 15.7 Å². The van der Waals surface area contributed by atoms with Crippen LogP contribution in [0.1, 0.15) is 42.5 Å². The summed E-state index contributed by atoms with van der Waals surface area (Å²) in [5.41, 5.74) is 6.22. The Hall–Kier alpha value is -3.92. The van der Waals surface area contributed by atoms with E-state index < -0.39 is 5.56 Å². The lowest BCUT2D eigenvalue weighted by molar-refractivity contribution is 0.289. The fraction of sp³-hybridized carbons (Fsp3) is 0.280. The van der Waals surface area contributed by atoms with E-state index in [-0.39, 0.29) is 11.5 Å². The third-order valence-corrected chi connectivity index (χ3v) is 4.97. The number of hydrogen-bond acceptors (Lipinski definition) is 6. The molecule has 0 radical (unpaired) electrons. The van der Waals surface area contributed by atoms with Crippen molar-refractivity contribution in [3.63, 3.8) is 0 Å². The first-order chi connectivity index (χ1) is 15.4. The molecule has 0 unspecified atom stereocenters. The molecule has 0 aliphatic carbocycles. The SMILES string of the molecule is Cc1cc(OCCC(C)C)cc(C)c1C=NNc1nc(-c2ccccc2)c(C#N)c(=O)[nH]1. The molecule has 0 atom stereocenters. The first kappa shape index (κ1) is 22.8. The van der Waals surface area contributed by atoms with Gasteiger partial charge in [0.1, 0.15) is 17.4 Å². The summed E-state index contributed by atoms with van der Waals surface area (Å²) in [4.78, 5) is 19.3. The molecule has 32 heavy (non-hydrogen) atoms. The molecule has 1 heterocycles. The number of aromatic amines is 1. The van der Waals surface area contributed by atoms with E-state index in [0.29, 0.717) is 23.8 Å².